The van der Waals surface area contributed by atoms with Crippen molar-refractivity contribution in [2.24, 2.45) is 0 Å². The number of nitrogens with zero attached hydrogens (tertiary/aromatic N) is 1. The lowest BCUT2D eigenvalue weighted by atomic mass is 9.91. The molecule has 5 heteroatoms. The highest BCUT2D eigenvalue weighted by atomic mass is 16.6. The Hall–Kier alpha value is -2.30. The van der Waals surface area contributed by atoms with Crippen LogP contribution in [-0.4, -0.2) is 29.8 Å². The summed E-state index contributed by atoms with van der Waals surface area (Å²) in [5.74, 6) is 0.954. The van der Waals surface area contributed by atoms with Crippen LogP contribution >= 0.6 is 0 Å². The molecule has 3 rings (SSSR count). The van der Waals surface area contributed by atoms with Gasteiger partial charge in [0.05, 0.1) is 18.2 Å². The van der Waals surface area contributed by atoms with Gasteiger partial charge in [-0.2, -0.15) is 0 Å². The Kier molecular flexibility index (Phi) is 3.43. The second-order valence-electron chi connectivity index (χ2n) is 5.95. The Morgan fingerprint density at radius 1 is 1.36 bits per heavy atom. The second-order valence-corrected chi connectivity index (χ2v) is 5.95. The van der Waals surface area contributed by atoms with Gasteiger partial charge in [-0.25, -0.2) is 4.98 Å². The molecule has 0 amide bonds. The summed E-state index contributed by atoms with van der Waals surface area (Å²) < 4.78 is 17.0. The molecule has 22 heavy (non-hydrogen) atoms. The first kappa shape index (κ1) is 14.6. The molecule has 0 saturated carbocycles. The summed E-state index contributed by atoms with van der Waals surface area (Å²) >= 11 is 0. The molecule has 0 fully saturated rings. The minimum absolute atomic E-state index is 0.321. The number of rotatable bonds is 2. The Balaban J connectivity index is 2.15. The number of pyridine rings is 1. The largest absolute Gasteiger partial charge is 0.496 e. The van der Waals surface area contributed by atoms with Crippen molar-refractivity contribution < 1.29 is 19.0 Å². The van der Waals surface area contributed by atoms with Gasteiger partial charge in [0, 0.05) is 18.7 Å². The summed E-state index contributed by atoms with van der Waals surface area (Å²) in [5, 5.41) is 0.925. The highest BCUT2D eigenvalue weighted by Gasteiger charge is 2.41. The van der Waals surface area contributed by atoms with E-state index in [9.17, 15) is 4.79 Å². The van der Waals surface area contributed by atoms with Gasteiger partial charge < -0.3 is 14.2 Å². The second kappa shape index (κ2) is 5.16. The van der Waals surface area contributed by atoms with E-state index in [1.54, 1.807) is 7.11 Å². The number of carbonyl (C=O) groups excluding carboxylic acids is 1. The predicted molar refractivity (Wildman–Crippen MR) is 82.3 cm³/mol. The highest BCUT2D eigenvalue weighted by Crippen LogP contribution is 2.41. The molecule has 2 aromatic rings. The summed E-state index contributed by atoms with van der Waals surface area (Å²) in [6.45, 7) is 5.20. The van der Waals surface area contributed by atoms with Crippen molar-refractivity contribution in [3.63, 3.8) is 0 Å². The molecular formula is C17H19NO4. The quantitative estimate of drug-likeness (QED) is 0.798. The van der Waals surface area contributed by atoms with Gasteiger partial charge in [0.15, 0.2) is 0 Å². The maximum atomic E-state index is 11.4. The van der Waals surface area contributed by atoms with Gasteiger partial charge in [-0.3, -0.25) is 4.79 Å². The molecule has 0 N–H and O–H groups in total. The summed E-state index contributed by atoms with van der Waals surface area (Å²) in [7, 11) is 1.63. The Morgan fingerprint density at radius 3 is 2.77 bits per heavy atom. The summed E-state index contributed by atoms with van der Waals surface area (Å²) in [6.07, 6.45) is 0.137. The number of benzene rings is 1. The molecule has 2 heterocycles. The molecular weight excluding hydrogens is 282 g/mol. The lowest BCUT2D eigenvalue weighted by molar-refractivity contribution is -0.158. The van der Waals surface area contributed by atoms with Gasteiger partial charge in [0.1, 0.15) is 17.5 Å². The van der Waals surface area contributed by atoms with Crippen LogP contribution in [0.1, 0.15) is 26.3 Å². The van der Waals surface area contributed by atoms with E-state index in [0.29, 0.717) is 12.3 Å². The number of para-hydroxylation sites is 1. The number of hydrogen-bond acceptors (Lipinski definition) is 5. The van der Waals surface area contributed by atoms with Crippen LogP contribution in [0.5, 0.6) is 11.6 Å². The van der Waals surface area contributed by atoms with Crippen LogP contribution < -0.4 is 9.47 Å². The van der Waals surface area contributed by atoms with Crippen molar-refractivity contribution in [3.8, 4) is 11.6 Å². The van der Waals surface area contributed by atoms with Crippen LogP contribution in [-0.2, 0) is 16.0 Å². The van der Waals surface area contributed by atoms with Crippen molar-refractivity contribution in [1.82, 2.24) is 4.98 Å². The van der Waals surface area contributed by atoms with E-state index in [0.717, 1.165) is 22.2 Å². The molecule has 1 aromatic carbocycles. The summed E-state index contributed by atoms with van der Waals surface area (Å²) in [6, 6.07) is 7.75. The van der Waals surface area contributed by atoms with E-state index < -0.39 is 5.60 Å². The van der Waals surface area contributed by atoms with E-state index in [2.05, 4.69) is 4.98 Å². The zero-order valence-corrected chi connectivity index (χ0v) is 13.2. The molecule has 0 bridgehead atoms. The van der Waals surface area contributed by atoms with Gasteiger partial charge in [0.25, 0.3) is 0 Å². The molecule has 1 unspecified atom stereocenters. The third-order valence-electron chi connectivity index (χ3n) is 3.94. The fraction of sp³-hybridized carbons (Fsp3) is 0.412. The number of esters is 1. The first-order chi connectivity index (χ1) is 10.4. The third-order valence-corrected chi connectivity index (χ3v) is 3.94. The summed E-state index contributed by atoms with van der Waals surface area (Å²) in [4.78, 5) is 15.9. The summed E-state index contributed by atoms with van der Waals surface area (Å²) in [5.41, 5.74) is 1.02. The maximum Gasteiger partial charge on any atom is 0.303 e. The van der Waals surface area contributed by atoms with E-state index in [1.165, 1.54) is 6.92 Å². The van der Waals surface area contributed by atoms with Crippen LogP contribution in [0.15, 0.2) is 24.3 Å². The fourth-order valence-electron chi connectivity index (χ4n) is 2.83. The van der Waals surface area contributed by atoms with E-state index >= 15 is 0 Å². The van der Waals surface area contributed by atoms with Crippen LogP contribution in [0.3, 0.4) is 0 Å². The zero-order valence-electron chi connectivity index (χ0n) is 13.2. The fourth-order valence-corrected chi connectivity index (χ4v) is 2.83. The van der Waals surface area contributed by atoms with Crippen molar-refractivity contribution in [2.45, 2.75) is 38.9 Å². The normalized spacial score (nSPS) is 19.2. The number of fused-ring (bicyclic) bond motifs is 2. The predicted octanol–water partition coefficient (Wildman–Crippen LogP) is 2.89. The number of methoxy groups -OCH3 is 1. The molecule has 5 nitrogen and oxygen atoms in total. The van der Waals surface area contributed by atoms with Crippen molar-refractivity contribution >= 4 is 16.9 Å². The smallest absolute Gasteiger partial charge is 0.303 e. The molecule has 0 spiro atoms. The lowest BCUT2D eigenvalue weighted by Crippen LogP contribution is -2.49. The van der Waals surface area contributed by atoms with Crippen LogP contribution in [0.2, 0.25) is 0 Å². The molecule has 0 aliphatic carbocycles. The minimum atomic E-state index is -0.640. The number of ether oxygens (including phenoxy) is 3. The number of aromatic nitrogens is 1. The maximum absolute atomic E-state index is 11.4. The van der Waals surface area contributed by atoms with E-state index in [4.69, 9.17) is 14.2 Å². The average Bonchev–Trinajstić information content (AvgIpc) is 2.45. The standard InChI is InChI=1S/C17H19NO4/c1-10(19)21-14-9-12-15(20-4)11-7-5-6-8-13(11)18-16(12)22-17(14,2)3/h5-8,14H,9H2,1-4H3. The molecule has 1 atom stereocenters. The SMILES string of the molecule is COc1c2c(nc3ccccc13)OC(C)(C)C(OC(C)=O)C2. The lowest BCUT2D eigenvalue weighted by Gasteiger charge is -2.38. The Bertz CT molecular complexity index is 739. The van der Waals surface area contributed by atoms with E-state index in [1.807, 2.05) is 38.1 Å². The first-order valence-corrected chi connectivity index (χ1v) is 7.24. The van der Waals surface area contributed by atoms with E-state index in [-0.39, 0.29) is 12.1 Å². The van der Waals surface area contributed by atoms with Gasteiger partial charge >= 0.3 is 5.97 Å². The third kappa shape index (κ3) is 2.36. The van der Waals surface area contributed by atoms with Gasteiger partial charge in [-0.05, 0) is 26.0 Å². The van der Waals surface area contributed by atoms with Gasteiger partial charge in [0.2, 0.25) is 5.88 Å². The number of carbonyl (C=O) groups is 1. The van der Waals surface area contributed by atoms with Crippen LogP contribution in [0.4, 0.5) is 0 Å². The molecule has 116 valence electrons. The average molecular weight is 301 g/mol. The molecule has 0 radical (unpaired) electrons. The van der Waals surface area contributed by atoms with Crippen molar-refractivity contribution in [3.05, 3.63) is 29.8 Å². The van der Waals surface area contributed by atoms with Crippen LogP contribution in [0.25, 0.3) is 10.9 Å². The Morgan fingerprint density at radius 2 is 2.09 bits per heavy atom. The Labute approximate surface area is 129 Å². The monoisotopic (exact) mass is 301 g/mol. The first-order valence-electron chi connectivity index (χ1n) is 7.24. The minimum Gasteiger partial charge on any atom is -0.496 e. The molecule has 1 aliphatic heterocycles. The van der Waals surface area contributed by atoms with Gasteiger partial charge in [-0.1, -0.05) is 12.1 Å². The number of hydrogen-bond donors (Lipinski definition) is 0. The van der Waals surface area contributed by atoms with Crippen molar-refractivity contribution in [2.75, 3.05) is 7.11 Å². The topological polar surface area (TPSA) is 57.6 Å². The molecule has 1 aromatic heterocycles. The van der Waals surface area contributed by atoms with Crippen LogP contribution in [0, 0.1) is 0 Å². The van der Waals surface area contributed by atoms with Gasteiger partial charge in [-0.15, -0.1) is 0 Å². The molecule has 1 aliphatic rings. The molecule has 0 saturated heterocycles. The zero-order chi connectivity index (χ0) is 15.9. The highest BCUT2D eigenvalue weighted by molar-refractivity contribution is 5.87. The van der Waals surface area contributed by atoms with Crippen molar-refractivity contribution in [1.29, 1.82) is 0 Å².